The summed E-state index contributed by atoms with van der Waals surface area (Å²) in [5, 5.41) is 5.02. The molecule has 0 radical (unpaired) electrons. The topological polar surface area (TPSA) is 15.3 Å². The maximum absolute atomic E-state index is 6.17. The van der Waals surface area contributed by atoms with Crippen molar-refractivity contribution in [3.05, 3.63) is 33.8 Å². The summed E-state index contributed by atoms with van der Waals surface area (Å²) >= 11 is 12.2. The zero-order valence-corrected chi connectivity index (χ0v) is 14.3. The number of hydrogen-bond donors (Lipinski definition) is 1. The van der Waals surface area contributed by atoms with Crippen LogP contribution in [0.1, 0.15) is 38.7 Å². The van der Waals surface area contributed by atoms with Gasteiger partial charge in [0, 0.05) is 31.2 Å². The molecule has 1 aliphatic carbocycles. The molecule has 0 spiro atoms. The standard InChI is InChI=1S/C17H24Cl2N2/c1-3-14-10-21(17(2,11-20-14)13-5-6-13)9-12-4-7-15(18)16(19)8-12/h4,7-8,13-14,20H,3,5-6,9-11H2,1-2H3. The highest BCUT2D eigenvalue weighted by molar-refractivity contribution is 6.42. The summed E-state index contributed by atoms with van der Waals surface area (Å²) in [7, 11) is 0. The van der Waals surface area contributed by atoms with Gasteiger partial charge in [-0.05, 0) is 49.8 Å². The van der Waals surface area contributed by atoms with Crippen molar-refractivity contribution >= 4 is 23.2 Å². The van der Waals surface area contributed by atoms with E-state index in [4.69, 9.17) is 23.2 Å². The van der Waals surface area contributed by atoms with Gasteiger partial charge in [0.1, 0.15) is 0 Å². The fourth-order valence-corrected chi connectivity index (χ4v) is 3.81. The maximum atomic E-state index is 6.17. The van der Waals surface area contributed by atoms with E-state index in [2.05, 4.69) is 30.1 Å². The fourth-order valence-electron chi connectivity index (χ4n) is 3.49. The summed E-state index contributed by atoms with van der Waals surface area (Å²) < 4.78 is 0. The molecule has 1 aromatic carbocycles. The number of halogens is 2. The first-order valence-electron chi connectivity index (χ1n) is 7.95. The van der Waals surface area contributed by atoms with Crippen LogP contribution in [-0.4, -0.2) is 29.6 Å². The number of rotatable bonds is 4. The van der Waals surface area contributed by atoms with Crippen molar-refractivity contribution in [1.29, 1.82) is 0 Å². The summed E-state index contributed by atoms with van der Waals surface area (Å²) in [6.07, 6.45) is 3.91. The van der Waals surface area contributed by atoms with E-state index in [0.717, 1.165) is 25.6 Å². The molecule has 2 atom stereocenters. The van der Waals surface area contributed by atoms with Gasteiger partial charge >= 0.3 is 0 Å². The molecule has 1 aromatic rings. The largest absolute Gasteiger partial charge is 0.311 e. The van der Waals surface area contributed by atoms with E-state index in [1.54, 1.807) is 0 Å². The van der Waals surface area contributed by atoms with E-state index >= 15 is 0 Å². The zero-order valence-electron chi connectivity index (χ0n) is 12.8. The number of benzene rings is 1. The monoisotopic (exact) mass is 326 g/mol. The number of nitrogens with one attached hydrogen (secondary N) is 1. The molecule has 2 unspecified atom stereocenters. The molecule has 116 valence electrons. The van der Waals surface area contributed by atoms with Gasteiger partial charge in [0.05, 0.1) is 10.0 Å². The lowest BCUT2D eigenvalue weighted by Crippen LogP contribution is -2.63. The van der Waals surface area contributed by atoms with Crippen LogP contribution < -0.4 is 5.32 Å². The first-order valence-corrected chi connectivity index (χ1v) is 8.71. The lowest BCUT2D eigenvalue weighted by atomic mass is 9.88. The Morgan fingerprint density at radius 2 is 2.05 bits per heavy atom. The van der Waals surface area contributed by atoms with Gasteiger partial charge in [-0.2, -0.15) is 0 Å². The van der Waals surface area contributed by atoms with Gasteiger partial charge in [0.2, 0.25) is 0 Å². The van der Waals surface area contributed by atoms with E-state index in [1.165, 1.54) is 24.8 Å². The van der Waals surface area contributed by atoms with Crippen LogP contribution in [0.5, 0.6) is 0 Å². The Balaban J connectivity index is 1.79. The molecule has 2 aliphatic rings. The smallest absolute Gasteiger partial charge is 0.0595 e. The molecule has 4 heteroatoms. The van der Waals surface area contributed by atoms with Crippen LogP contribution in [-0.2, 0) is 6.54 Å². The molecule has 0 amide bonds. The molecule has 1 heterocycles. The van der Waals surface area contributed by atoms with Crippen LogP contribution >= 0.6 is 23.2 Å². The van der Waals surface area contributed by atoms with E-state index < -0.39 is 0 Å². The predicted octanol–water partition coefficient (Wildman–Crippen LogP) is 4.35. The molecular weight excluding hydrogens is 303 g/mol. The normalized spacial score (nSPS) is 30.6. The number of hydrogen-bond acceptors (Lipinski definition) is 2. The van der Waals surface area contributed by atoms with Crippen LogP contribution in [0.15, 0.2) is 18.2 Å². The van der Waals surface area contributed by atoms with E-state index in [1.807, 2.05) is 12.1 Å². The molecule has 1 aliphatic heterocycles. The third-order valence-electron chi connectivity index (χ3n) is 5.22. The Labute approximate surface area is 137 Å². The number of nitrogens with zero attached hydrogens (tertiary/aromatic N) is 1. The van der Waals surface area contributed by atoms with Gasteiger partial charge in [-0.25, -0.2) is 0 Å². The van der Waals surface area contributed by atoms with Crippen molar-refractivity contribution in [2.45, 2.75) is 51.2 Å². The number of piperazine rings is 1. The van der Waals surface area contributed by atoms with Crippen LogP contribution in [0.3, 0.4) is 0 Å². The highest BCUT2D eigenvalue weighted by Gasteiger charge is 2.47. The van der Waals surface area contributed by atoms with E-state index in [9.17, 15) is 0 Å². The van der Waals surface area contributed by atoms with Crippen molar-refractivity contribution in [2.75, 3.05) is 13.1 Å². The van der Waals surface area contributed by atoms with Crippen LogP contribution in [0, 0.1) is 5.92 Å². The van der Waals surface area contributed by atoms with Crippen molar-refractivity contribution < 1.29 is 0 Å². The SMILES string of the molecule is CCC1CN(Cc2ccc(Cl)c(Cl)c2)C(C)(C2CC2)CN1. The Morgan fingerprint density at radius 3 is 2.67 bits per heavy atom. The zero-order chi connectivity index (χ0) is 15.0. The van der Waals surface area contributed by atoms with Gasteiger partial charge in [0.25, 0.3) is 0 Å². The quantitative estimate of drug-likeness (QED) is 0.885. The second kappa shape index (κ2) is 6.08. The van der Waals surface area contributed by atoms with Crippen LogP contribution in [0.25, 0.3) is 0 Å². The summed E-state index contributed by atoms with van der Waals surface area (Å²) in [6, 6.07) is 6.62. The molecular formula is C17H24Cl2N2. The van der Waals surface area contributed by atoms with E-state index in [-0.39, 0.29) is 5.54 Å². The first kappa shape index (κ1) is 15.6. The second-order valence-corrected chi connectivity index (χ2v) is 7.56. The Hall–Kier alpha value is -0.280. The molecule has 1 saturated heterocycles. The summed E-state index contributed by atoms with van der Waals surface area (Å²) in [4.78, 5) is 2.66. The average Bonchev–Trinajstić information content (AvgIpc) is 3.30. The third-order valence-corrected chi connectivity index (χ3v) is 5.96. The Kier molecular flexibility index (Phi) is 4.52. The van der Waals surface area contributed by atoms with Gasteiger partial charge in [-0.1, -0.05) is 36.2 Å². The minimum atomic E-state index is 0.276. The molecule has 0 bridgehead atoms. The molecule has 21 heavy (non-hydrogen) atoms. The maximum Gasteiger partial charge on any atom is 0.0595 e. The minimum absolute atomic E-state index is 0.276. The molecule has 2 fully saturated rings. The Morgan fingerprint density at radius 1 is 1.29 bits per heavy atom. The van der Waals surface area contributed by atoms with Crippen LogP contribution in [0.4, 0.5) is 0 Å². The predicted molar refractivity (Wildman–Crippen MR) is 90.1 cm³/mol. The molecule has 1 N–H and O–H groups in total. The lowest BCUT2D eigenvalue weighted by molar-refractivity contribution is 0.0270. The summed E-state index contributed by atoms with van der Waals surface area (Å²) in [6.45, 7) is 7.85. The summed E-state index contributed by atoms with van der Waals surface area (Å²) in [5.41, 5.74) is 1.53. The highest BCUT2D eigenvalue weighted by atomic mass is 35.5. The second-order valence-electron chi connectivity index (χ2n) is 6.75. The first-order chi connectivity index (χ1) is 10.0. The van der Waals surface area contributed by atoms with Crippen molar-refractivity contribution in [2.24, 2.45) is 5.92 Å². The fraction of sp³-hybridized carbons (Fsp3) is 0.647. The van der Waals surface area contributed by atoms with Gasteiger partial charge in [-0.15, -0.1) is 0 Å². The van der Waals surface area contributed by atoms with E-state index in [0.29, 0.717) is 16.1 Å². The van der Waals surface area contributed by atoms with Gasteiger partial charge < -0.3 is 5.32 Å². The lowest BCUT2D eigenvalue weighted by Gasteiger charge is -2.48. The molecule has 1 saturated carbocycles. The molecule has 0 aromatic heterocycles. The average molecular weight is 327 g/mol. The van der Waals surface area contributed by atoms with Crippen molar-refractivity contribution in [3.8, 4) is 0 Å². The highest BCUT2D eigenvalue weighted by Crippen LogP contribution is 2.44. The van der Waals surface area contributed by atoms with Crippen LogP contribution in [0.2, 0.25) is 10.0 Å². The minimum Gasteiger partial charge on any atom is -0.311 e. The molecule has 3 rings (SSSR count). The molecule has 2 nitrogen and oxygen atoms in total. The van der Waals surface area contributed by atoms with Gasteiger partial charge in [-0.3, -0.25) is 4.90 Å². The van der Waals surface area contributed by atoms with Crippen molar-refractivity contribution in [1.82, 2.24) is 10.2 Å². The summed E-state index contributed by atoms with van der Waals surface area (Å²) in [5.74, 6) is 0.838. The van der Waals surface area contributed by atoms with Crippen molar-refractivity contribution in [3.63, 3.8) is 0 Å². The Bertz CT molecular complexity index is 516. The third kappa shape index (κ3) is 3.24. The van der Waals surface area contributed by atoms with Gasteiger partial charge in [0.15, 0.2) is 0 Å².